The van der Waals surface area contributed by atoms with Crippen LogP contribution in [0.2, 0.25) is 0 Å². The van der Waals surface area contributed by atoms with E-state index in [9.17, 15) is 9.59 Å². The van der Waals surface area contributed by atoms with E-state index in [1.54, 1.807) is 6.92 Å². The average molecular weight is 232 g/mol. The lowest BCUT2D eigenvalue weighted by atomic mass is 10.2. The summed E-state index contributed by atoms with van der Waals surface area (Å²) < 4.78 is 9.73. The van der Waals surface area contributed by atoms with Gasteiger partial charge in [0.15, 0.2) is 0 Å². The van der Waals surface area contributed by atoms with E-state index < -0.39 is 0 Å². The van der Waals surface area contributed by atoms with Gasteiger partial charge in [0, 0.05) is 19.0 Å². The Bertz CT molecular complexity index is 221. The minimum atomic E-state index is -0.368. The highest BCUT2D eigenvalue weighted by molar-refractivity contribution is 5.74. The highest BCUT2D eigenvalue weighted by atomic mass is 16.6. The van der Waals surface area contributed by atoms with Gasteiger partial charge in [-0.2, -0.15) is 0 Å². The van der Waals surface area contributed by atoms with Crippen molar-refractivity contribution in [1.29, 1.82) is 0 Å². The Hall–Kier alpha value is -1.14. The van der Waals surface area contributed by atoms with Crippen molar-refractivity contribution >= 4 is 11.9 Å². The summed E-state index contributed by atoms with van der Waals surface area (Å²) in [6.45, 7) is 4.87. The zero-order valence-electron chi connectivity index (χ0n) is 9.82. The minimum absolute atomic E-state index is 0.0173. The molecule has 0 saturated heterocycles. The van der Waals surface area contributed by atoms with E-state index in [0.29, 0.717) is 19.8 Å². The lowest BCUT2D eigenvalue weighted by Crippen LogP contribution is -2.33. The Morgan fingerprint density at radius 1 is 1.44 bits per heavy atom. The molecule has 0 aliphatic rings. The number of esters is 1. The first-order chi connectivity index (χ1) is 7.56. The summed E-state index contributed by atoms with van der Waals surface area (Å²) in [6.07, 6.45) is 0.290. The van der Waals surface area contributed by atoms with Crippen LogP contribution in [0.5, 0.6) is 0 Å². The zero-order valence-corrected chi connectivity index (χ0v) is 9.82. The number of ether oxygens (including phenoxy) is 2. The van der Waals surface area contributed by atoms with Crippen LogP contribution in [0.15, 0.2) is 0 Å². The summed E-state index contributed by atoms with van der Waals surface area (Å²) in [6, 6.07) is 0.0173. The zero-order chi connectivity index (χ0) is 12.4. The molecule has 16 heavy (non-hydrogen) atoms. The van der Waals surface area contributed by atoms with Gasteiger partial charge < -0.3 is 20.5 Å². The molecule has 0 fully saturated rings. The van der Waals surface area contributed by atoms with Crippen LogP contribution in [0.1, 0.15) is 20.3 Å². The van der Waals surface area contributed by atoms with Gasteiger partial charge in [-0.25, -0.2) is 4.79 Å². The molecular weight excluding hydrogens is 212 g/mol. The quantitative estimate of drug-likeness (QED) is 0.410. The molecule has 3 N–H and O–H groups in total. The SMILES string of the molecule is CCOC(=O)COCCNC(C)CC(N)=O. The molecule has 0 aromatic rings. The predicted octanol–water partition coefficient (Wildman–Crippen LogP) is -0.580. The minimum Gasteiger partial charge on any atom is -0.464 e. The van der Waals surface area contributed by atoms with Crippen LogP contribution in [0.3, 0.4) is 0 Å². The van der Waals surface area contributed by atoms with Crippen LogP contribution < -0.4 is 11.1 Å². The molecule has 1 atom stereocenters. The van der Waals surface area contributed by atoms with Crippen molar-refractivity contribution < 1.29 is 19.1 Å². The van der Waals surface area contributed by atoms with E-state index in [-0.39, 0.29) is 30.9 Å². The van der Waals surface area contributed by atoms with E-state index in [2.05, 4.69) is 10.1 Å². The van der Waals surface area contributed by atoms with Gasteiger partial charge in [0.05, 0.1) is 13.2 Å². The second kappa shape index (κ2) is 9.11. The summed E-state index contributed by atoms with van der Waals surface area (Å²) in [7, 11) is 0. The average Bonchev–Trinajstić information content (AvgIpc) is 2.16. The van der Waals surface area contributed by atoms with E-state index in [1.807, 2.05) is 6.92 Å². The molecular formula is C10H20N2O4. The predicted molar refractivity (Wildman–Crippen MR) is 58.7 cm³/mol. The Balaban J connectivity index is 3.32. The summed E-state index contributed by atoms with van der Waals surface area (Å²) in [4.78, 5) is 21.4. The van der Waals surface area contributed by atoms with Crippen LogP contribution in [0, 0.1) is 0 Å². The molecule has 6 nitrogen and oxygen atoms in total. The first kappa shape index (κ1) is 14.9. The van der Waals surface area contributed by atoms with Crippen molar-refractivity contribution in [2.45, 2.75) is 26.3 Å². The van der Waals surface area contributed by atoms with Crippen molar-refractivity contribution in [3.8, 4) is 0 Å². The number of carbonyl (C=O) groups excluding carboxylic acids is 2. The second-order valence-electron chi connectivity index (χ2n) is 3.38. The summed E-state index contributed by atoms with van der Waals surface area (Å²) in [5.74, 6) is -0.708. The van der Waals surface area contributed by atoms with Crippen molar-refractivity contribution in [3.63, 3.8) is 0 Å². The number of primary amides is 1. The van der Waals surface area contributed by atoms with E-state index in [4.69, 9.17) is 10.5 Å². The van der Waals surface area contributed by atoms with Gasteiger partial charge in [0.2, 0.25) is 5.91 Å². The van der Waals surface area contributed by atoms with Crippen LogP contribution >= 0.6 is 0 Å². The molecule has 0 heterocycles. The topological polar surface area (TPSA) is 90.7 Å². The van der Waals surface area contributed by atoms with Gasteiger partial charge in [-0.3, -0.25) is 4.79 Å². The molecule has 0 aliphatic heterocycles. The molecule has 0 saturated carbocycles. The molecule has 94 valence electrons. The van der Waals surface area contributed by atoms with Crippen LogP contribution in [0.4, 0.5) is 0 Å². The molecule has 0 aliphatic carbocycles. The van der Waals surface area contributed by atoms with Crippen LogP contribution in [-0.4, -0.2) is 44.3 Å². The van der Waals surface area contributed by atoms with E-state index in [1.165, 1.54) is 0 Å². The Kier molecular flexibility index (Phi) is 8.46. The van der Waals surface area contributed by atoms with E-state index in [0.717, 1.165) is 0 Å². The number of carbonyl (C=O) groups is 2. The van der Waals surface area contributed by atoms with Crippen LogP contribution in [0.25, 0.3) is 0 Å². The fourth-order valence-corrected chi connectivity index (χ4v) is 1.11. The number of hydrogen-bond donors (Lipinski definition) is 2. The molecule has 0 bridgehead atoms. The Labute approximate surface area is 95.5 Å². The lowest BCUT2D eigenvalue weighted by Gasteiger charge is -2.11. The third-order valence-electron chi connectivity index (χ3n) is 1.77. The standard InChI is InChI=1S/C10H20N2O4/c1-3-16-10(14)7-15-5-4-12-8(2)6-9(11)13/h8,12H,3-7H2,1-2H3,(H2,11,13). The molecule has 0 radical (unpaired) electrons. The van der Waals surface area contributed by atoms with Gasteiger partial charge >= 0.3 is 5.97 Å². The summed E-state index contributed by atoms with van der Waals surface area (Å²) >= 11 is 0. The van der Waals surface area contributed by atoms with Crippen molar-refractivity contribution in [2.24, 2.45) is 5.73 Å². The molecule has 1 amide bonds. The summed E-state index contributed by atoms with van der Waals surface area (Å²) in [5, 5.41) is 3.04. The number of amides is 1. The molecule has 0 rings (SSSR count). The molecule has 0 aromatic carbocycles. The maximum absolute atomic E-state index is 10.9. The second-order valence-corrected chi connectivity index (χ2v) is 3.38. The first-order valence-corrected chi connectivity index (χ1v) is 5.31. The van der Waals surface area contributed by atoms with Crippen molar-refractivity contribution in [1.82, 2.24) is 5.32 Å². The van der Waals surface area contributed by atoms with Gasteiger partial charge in [-0.1, -0.05) is 0 Å². The molecule has 0 spiro atoms. The van der Waals surface area contributed by atoms with E-state index >= 15 is 0 Å². The molecule has 0 aromatic heterocycles. The highest BCUT2D eigenvalue weighted by Crippen LogP contribution is 1.88. The third-order valence-corrected chi connectivity index (χ3v) is 1.77. The Morgan fingerprint density at radius 3 is 2.69 bits per heavy atom. The van der Waals surface area contributed by atoms with Gasteiger partial charge in [-0.05, 0) is 13.8 Å². The van der Waals surface area contributed by atoms with Crippen molar-refractivity contribution in [2.75, 3.05) is 26.4 Å². The fraction of sp³-hybridized carbons (Fsp3) is 0.800. The third kappa shape index (κ3) is 9.42. The van der Waals surface area contributed by atoms with Gasteiger partial charge in [-0.15, -0.1) is 0 Å². The number of hydrogen-bond acceptors (Lipinski definition) is 5. The Morgan fingerprint density at radius 2 is 2.12 bits per heavy atom. The van der Waals surface area contributed by atoms with Crippen molar-refractivity contribution in [3.05, 3.63) is 0 Å². The maximum atomic E-state index is 10.9. The lowest BCUT2D eigenvalue weighted by molar-refractivity contribution is -0.148. The normalized spacial score (nSPS) is 12.1. The first-order valence-electron chi connectivity index (χ1n) is 5.31. The van der Waals surface area contributed by atoms with Gasteiger partial charge in [0.25, 0.3) is 0 Å². The maximum Gasteiger partial charge on any atom is 0.332 e. The molecule has 6 heteroatoms. The molecule has 1 unspecified atom stereocenters. The monoisotopic (exact) mass is 232 g/mol. The summed E-state index contributed by atoms with van der Waals surface area (Å²) in [5.41, 5.74) is 5.03. The fourth-order valence-electron chi connectivity index (χ4n) is 1.11. The highest BCUT2D eigenvalue weighted by Gasteiger charge is 2.05. The van der Waals surface area contributed by atoms with Gasteiger partial charge in [0.1, 0.15) is 6.61 Å². The number of nitrogens with one attached hydrogen (secondary N) is 1. The number of rotatable bonds is 9. The largest absolute Gasteiger partial charge is 0.464 e. The number of nitrogens with two attached hydrogens (primary N) is 1. The smallest absolute Gasteiger partial charge is 0.332 e. The van der Waals surface area contributed by atoms with Crippen LogP contribution in [-0.2, 0) is 19.1 Å².